The van der Waals surface area contributed by atoms with Crippen molar-refractivity contribution >= 4 is 64.1 Å². The number of hydrogen-bond acceptors (Lipinski definition) is 9. The van der Waals surface area contributed by atoms with Gasteiger partial charge in [0.2, 0.25) is 5.91 Å². The highest BCUT2D eigenvalue weighted by Gasteiger charge is 2.35. The minimum absolute atomic E-state index is 0.0320. The van der Waals surface area contributed by atoms with Gasteiger partial charge in [-0.3, -0.25) is 19.2 Å². The predicted molar refractivity (Wildman–Crippen MR) is 156 cm³/mol. The summed E-state index contributed by atoms with van der Waals surface area (Å²) in [7, 11) is 0. The third-order valence-electron chi connectivity index (χ3n) is 6.56. The maximum atomic E-state index is 13.5. The Kier molecular flexibility index (Phi) is 10.2. The van der Waals surface area contributed by atoms with Crippen molar-refractivity contribution < 1.29 is 38.9 Å². The van der Waals surface area contributed by atoms with Crippen LogP contribution in [0.25, 0.3) is 0 Å². The SMILES string of the molecule is O=C(O)CCCn1c(=O)n2n(c1=O)C(c1cccs1)C=CC2C(=O)N[C@@H](CC(=O)O)C(=O)COC(=O)c1c(Cl)cccc1Cl. The van der Waals surface area contributed by atoms with E-state index in [2.05, 4.69) is 5.32 Å². The Morgan fingerprint density at radius 1 is 0.955 bits per heavy atom. The number of ether oxygens (including phenoxy) is 1. The summed E-state index contributed by atoms with van der Waals surface area (Å²) in [6.07, 6.45) is 1.63. The lowest BCUT2D eigenvalue weighted by molar-refractivity contribution is -0.141. The fourth-order valence-corrected chi connectivity index (χ4v) is 5.87. The molecule has 1 aliphatic rings. The maximum absolute atomic E-state index is 13.5. The Morgan fingerprint density at radius 2 is 1.64 bits per heavy atom. The summed E-state index contributed by atoms with van der Waals surface area (Å²) in [4.78, 5) is 88.9. The van der Waals surface area contributed by atoms with E-state index in [1.807, 2.05) is 0 Å². The third-order valence-corrected chi connectivity index (χ3v) is 8.13. The van der Waals surface area contributed by atoms with Crippen molar-refractivity contribution in [3.8, 4) is 0 Å². The van der Waals surface area contributed by atoms with Crippen LogP contribution < -0.4 is 16.7 Å². The Balaban J connectivity index is 1.60. The van der Waals surface area contributed by atoms with Crippen molar-refractivity contribution in [1.29, 1.82) is 0 Å². The highest BCUT2D eigenvalue weighted by atomic mass is 35.5. The number of aromatic nitrogens is 3. The molecule has 0 saturated heterocycles. The molecule has 3 aromatic rings. The van der Waals surface area contributed by atoms with Crippen LogP contribution >= 0.6 is 34.5 Å². The van der Waals surface area contributed by atoms with Crippen LogP contribution in [-0.4, -0.2) is 66.4 Å². The van der Waals surface area contributed by atoms with Crippen LogP contribution in [0.15, 0.2) is 57.5 Å². The quantitative estimate of drug-likeness (QED) is 0.179. The molecule has 1 aliphatic heterocycles. The minimum Gasteiger partial charge on any atom is -0.481 e. The number of aliphatic carboxylic acids is 2. The maximum Gasteiger partial charge on any atom is 0.348 e. The van der Waals surface area contributed by atoms with E-state index in [1.165, 1.54) is 41.7 Å². The normalized spacial score (nSPS) is 16.1. The molecule has 1 aromatic carbocycles. The topological polar surface area (TPSA) is 196 Å². The van der Waals surface area contributed by atoms with Crippen molar-refractivity contribution in [3.63, 3.8) is 0 Å². The number of carbonyl (C=O) groups excluding carboxylic acids is 3. The lowest BCUT2D eigenvalue weighted by atomic mass is 10.1. The average Bonchev–Trinajstić information content (AvgIpc) is 3.58. The number of Topliss-reactive ketones (excluding diaryl/α,β-unsaturated/α-hetero) is 1. The van der Waals surface area contributed by atoms with Gasteiger partial charge in [0.15, 0.2) is 18.4 Å². The molecule has 2 unspecified atom stereocenters. The highest BCUT2D eigenvalue weighted by molar-refractivity contribution is 7.10. The van der Waals surface area contributed by atoms with Gasteiger partial charge in [-0.05, 0) is 30.0 Å². The van der Waals surface area contributed by atoms with Crippen LogP contribution in [0.5, 0.6) is 0 Å². The van der Waals surface area contributed by atoms with Crippen LogP contribution in [0.3, 0.4) is 0 Å². The number of ketones is 1. The van der Waals surface area contributed by atoms with E-state index in [4.69, 9.17) is 33.0 Å². The molecule has 232 valence electrons. The third kappa shape index (κ3) is 7.01. The number of carboxylic acid groups (broad SMARTS) is 2. The number of carboxylic acids is 2. The minimum atomic E-state index is -1.69. The molecule has 0 fully saturated rings. The summed E-state index contributed by atoms with van der Waals surface area (Å²) in [5, 5.41) is 22.3. The molecule has 0 saturated carbocycles. The molecular weight excluding hydrogens is 643 g/mol. The molecule has 2 aromatic heterocycles. The number of thiophene rings is 1. The largest absolute Gasteiger partial charge is 0.481 e. The van der Waals surface area contributed by atoms with Crippen molar-refractivity contribution in [1.82, 2.24) is 19.2 Å². The first-order chi connectivity index (χ1) is 20.9. The van der Waals surface area contributed by atoms with Crippen molar-refractivity contribution in [2.45, 2.75) is 43.9 Å². The summed E-state index contributed by atoms with van der Waals surface area (Å²) in [6, 6.07) is 3.75. The van der Waals surface area contributed by atoms with Gasteiger partial charge in [0.1, 0.15) is 12.1 Å². The Hall–Kier alpha value is -4.47. The average molecular weight is 667 g/mol. The summed E-state index contributed by atoms with van der Waals surface area (Å²) >= 11 is 13.3. The van der Waals surface area contributed by atoms with E-state index in [0.717, 1.165) is 13.9 Å². The van der Waals surface area contributed by atoms with Crippen LogP contribution in [0.1, 0.15) is 46.6 Å². The van der Waals surface area contributed by atoms with E-state index in [1.54, 1.807) is 17.5 Å². The van der Waals surface area contributed by atoms with Crippen LogP contribution in [-0.2, 0) is 30.5 Å². The molecular formula is C27H24Cl2N4O10S. The first kappa shape index (κ1) is 32.4. The predicted octanol–water partition coefficient (Wildman–Crippen LogP) is 2.13. The Morgan fingerprint density at radius 3 is 2.25 bits per heavy atom. The van der Waals surface area contributed by atoms with Gasteiger partial charge < -0.3 is 20.3 Å². The molecule has 0 radical (unpaired) electrons. The number of carbonyl (C=O) groups is 5. The van der Waals surface area contributed by atoms with Gasteiger partial charge in [-0.25, -0.2) is 28.3 Å². The van der Waals surface area contributed by atoms with Gasteiger partial charge in [0.05, 0.1) is 22.0 Å². The lowest BCUT2D eigenvalue weighted by Gasteiger charge is -2.27. The number of fused-ring (bicyclic) bond motifs is 1. The zero-order valence-electron chi connectivity index (χ0n) is 22.6. The number of nitrogens with one attached hydrogen (secondary N) is 1. The van der Waals surface area contributed by atoms with Gasteiger partial charge in [0.25, 0.3) is 0 Å². The molecule has 3 atom stereocenters. The second-order valence-electron chi connectivity index (χ2n) is 9.49. The summed E-state index contributed by atoms with van der Waals surface area (Å²) in [6.45, 7) is -1.17. The van der Waals surface area contributed by atoms with Crippen molar-refractivity contribution in [2.75, 3.05) is 6.61 Å². The molecule has 17 heteroatoms. The van der Waals surface area contributed by atoms with E-state index < -0.39 is 72.1 Å². The van der Waals surface area contributed by atoms with Crippen molar-refractivity contribution in [3.05, 3.63) is 89.3 Å². The number of hydrogen-bond donors (Lipinski definition) is 3. The lowest BCUT2D eigenvalue weighted by Crippen LogP contribution is -2.49. The van der Waals surface area contributed by atoms with Gasteiger partial charge in [0, 0.05) is 17.8 Å². The van der Waals surface area contributed by atoms with E-state index in [9.17, 15) is 38.7 Å². The van der Waals surface area contributed by atoms with Crippen molar-refractivity contribution in [2.24, 2.45) is 0 Å². The zero-order valence-corrected chi connectivity index (χ0v) is 24.9. The number of esters is 1. The number of benzene rings is 1. The first-order valence-electron chi connectivity index (χ1n) is 12.9. The van der Waals surface area contributed by atoms with Crippen LogP contribution in [0, 0.1) is 0 Å². The van der Waals surface area contributed by atoms with Crippen LogP contribution in [0.4, 0.5) is 0 Å². The fraction of sp³-hybridized carbons (Fsp3) is 0.296. The molecule has 1 amide bonds. The van der Waals surface area contributed by atoms with Gasteiger partial charge in [-0.15, -0.1) is 11.3 Å². The second kappa shape index (κ2) is 13.9. The van der Waals surface area contributed by atoms with Gasteiger partial charge in [-0.2, -0.15) is 0 Å². The summed E-state index contributed by atoms with van der Waals surface area (Å²) in [5.41, 5.74) is -1.90. The number of halogens is 2. The smallest absolute Gasteiger partial charge is 0.348 e. The summed E-state index contributed by atoms with van der Waals surface area (Å²) < 4.78 is 7.74. The molecule has 0 bridgehead atoms. The van der Waals surface area contributed by atoms with Gasteiger partial charge >= 0.3 is 29.3 Å². The first-order valence-corrected chi connectivity index (χ1v) is 14.6. The Bertz CT molecular complexity index is 1740. The summed E-state index contributed by atoms with van der Waals surface area (Å²) in [5.74, 6) is -5.61. The molecule has 44 heavy (non-hydrogen) atoms. The van der Waals surface area contributed by atoms with Gasteiger partial charge in [-0.1, -0.05) is 47.5 Å². The molecule has 0 spiro atoms. The van der Waals surface area contributed by atoms with E-state index in [-0.39, 0.29) is 35.0 Å². The Labute approximate surface area is 261 Å². The monoisotopic (exact) mass is 666 g/mol. The molecule has 3 N–H and O–H groups in total. The molecule has 3 heterocycles. The van der Waals surface area contributed by atoms with E-state index in [0.29, 0.717) is 4.88 Å². The van der Waals surface area contributed by atoms with E-state index >= 15 is 0 Å². The number of allylic oxidation sites excluding steroid dienone is 1. The standard InChI is InChI=1S/C27H24Cl2N4O10S/c28-14-4-1-5-15(29)23(14)25(40)43-13-19(34)16(12-22(37)38)30-24(39)18-9-8-17(20-6-3-11-44-20)32-26(41)31(27(42)33(18)32)10-2-7-21(35)36/h1,3-6,8-9,11,16-18H,2,7,10,12-13H2,(H,30,39)(H,35,36)(H,37,38)/t16-,17?,18?/m0/s1. The molecule has 0 aliphatic carbocycles. The number of rotatable bonds is 13. The highest BCUT2D eigenvalue weighted by Crippen LogP contribution is 2.28. The molecule has 4 rings (SSSR count). The number of amides is 1. The number of nitrogens with zero attached hydrogens (tertiary/aromatic N) is 3. The fourth-order valence-electron chi connectivity index (χ4n) is 4.53. The zero-order chi connectivity index (χ0) is 32.1. The molecule has 14 nitrogen and oxygen atoms in total. The second-order valence-corrected chi connectivity index (χ2v) is 11.3. The van der Waals surface area contributed by atoms with Crippen LogP contribution in [0.2, 0.25) is 10.0 Å².